The number of allylic oxidation sites excluding steroid dienone is 4. The first-order valence-corrected chi connectivity index (χ1v) is 5.69. The number of carbonyl (C=O) groups excluding carboxylic acids is 1. The SMILES string of the molecule is COC1=C(Br)C=C2C(=O)CCCC2C1. The molecule has 0 aliphatic heterocycles. The first kappa shape index (κ1) is 9.97. The molecule has 0 aromatic carbocycles. The van der Waals surface area contributed by atoms with Crippen LogP contribution in [0.4, 0.5) is 0 Å². The molecule has 0 heterocycles. The summed E-state index contributed by atoms with van der Waals surface area (Å²) in [4.78, 5) is 11.6. The quantitative estimate of drug-likeness (QED) is 0.721. The van der Waals surface area contributed by atoms with Crippen LogP contribution in [-0.4, -0.2) is 12.9 Å². The molecule has 1 saturated carbocycles. The highest BCUT2D eigenvalue weighted by Gasteiger charge is 2.30. The molecule has 0 aromatic heterocycles. The van der Waals surface area contributed by atoms with E-state index in [1.54, 1.807) is 7.11 Å². The maximum absolute atomic E-state index is 11.6. The summed E-state index contributed by atoms with van der Waals surface area (Å²) in [6.07, 6.45) is 5.66. The Morgan fingerprint density at radius 3 is 3.07 bits per heavy atom. The van der Waals surface area contributed by atoms with Gasteiger partial charge in [-0.3, -0.25) is 4.79 Å². The van der Waals surface area contributed by atoms with E-state index >= 15 is 0 Å². The van der Waals surface area contributed by atoms with Gasteiger partial charge < -0.3 is 4.74 Å². The summed E-state index contributed by atoms with van der Waals surface area (Å²) < 4.78 is 6.20. The van der Waals surface area contributed by atoms with E-state index in [4.69, 9.17) is 4.74 Å². The zero-order valence-corrected chi connectivity index (χ0v) is 9.76. The monoisotopic (exact) mass is 256 g/mol. The molecule has 1 atom stereocenters. The molecule has 0 spiro atoms. The second-order valence-electron chi connectivity index (χ2n) is 3.79. The lowest BCUT2D eigenvalue weighted by atomic mass is 9.78. The molecular weight excluding hydrogens is 244 g/mol. The van der Waals surface area contributed by atoms with Crippen LogP contribution in [0.25, 0.3) is 0 Å². The summed E-state index contributed by atoms with van der Waals surface area (Å²) in [5.41, 5.74) is 0.990. The lowest BCUT2D eigenvalue weighted by Crippen LogP contribution is -2.22. The molecule has 3 heteroatoms. The van der Waals surface area contributed by atoms with Crippen LogP contribution in [0.5, 0.6) is 0 Å². The van der Waals surface area contributed by atoms with Crippen LogP contribution in [0.15, 0.2) is 21.9 Å². The van der Waals surface area contributed by atoms with Crippen LogP contribution in [-0.2, 0) is 9.53 Å². The van der Waals surface area contributed by atoms with Crippen molar-refractivity contribution in [1.29, 1.82) is 0 Å². The number of fused-ring (bicyclic) bond motifs is 1. The summed E-state index contributed by atoms with van der Waals surface area (Å²) >= 11 is 3.43. The zero-order chi connectivity index (χ0) is 10.1. The fourth-order valence-electron chi connectivity index (χ4n) is 2.17. The van der Waals surface area contributed by atoms with Crippen molar-refractivity contribution in [1.82, 2.24) is 0 Å². The van der Waals surface area contributed by atoms with Gasteiger partial charge in [0.25, 0.3) is 0 Å². The lowest BCUT2D eigenvalue weighted by Gasteiger charge is -2.28. The zero-order valence-electron chi connectivity index (χ0n) is 8.18. The van der Waals surface area contributed by atoms with E-state index in [0.29, 0.717) is 18.1 Å². The average Bonchev–Trinajstić information content (AvgIpc) is 2.19. The van der Waals surface area contributed by atoms with Crippen LogP contribution < -0.4 is 0 Å². The number of hydrogen-bond acceptors (Lipinski definition) is 2. The first-order valence-electron chi connectivity index (χ1n) is 4.90. The molecule has 2 aliphatic rings. The molecule has 76 valence electrons. The predicted octanol–water partition coefficient (Wildman–Crippen LogP) is 2.94. The van der Waals surface area contributed by atoms with Crippen molar-refractivity contribution in [3.63, 3.8) is 0 Å². The third-order valence-corrected chi connectivity index (χ3v) is 3.62. The molecule has 0 bridgehead atoms. The molecule has 0 N–H and O–H groups in total. The number of ketones is 1. The molecule has 0 radical (unpaired) electrons. The first-order chi connectivity index (χ1) is 6.72. The van der Waals surface area contributed by atoms with Crippen molar-refractivity contribution in [2.45, 2.75) is 25.7 Å². The van der Waals surface area contributed by atoms with Gasteiger partial charge >= 0.3 is 0 Å². The molecule has 1 fully saturated rings. The summed E-state index contributed by atoms with van der Waals surface area (Å²) in [5, 5.41) is 0. The van der Waals surface area contributed by atoms with Crippen LogP contribution in [0.1, 0.15) is 25.7 Å². The van der Waals surface area contributed by atoms with Crippen molar-refractivity contribution in [2.75, 3.05) is 7.11 Å². The predicted molar refractivity (Wildman–Crippen MR) is 58.0 cm³/mol. The minimum atomic E-state index is 0.313. The topological polar surface area (TPSA) is 26.3 Å². The lowest BCUT2D eigenvalue weighted by molar-refractivity contribution is -0.117. The number of Topliss-reactive ketones (excluding diaryl/α,β-unsaturated/α-hetero) is 1. The third-order valence-electron chi connectivity index (χ3n) is 2.95. The average molecular weight is 257 g/mol. The Kier molecular flexibility index (Phi) is 2.77. The standard InChI is InChI=1S/C11H13BrO2/c1-14-11-5-7-3-2-4-10(13)8(7)6-9(11)12/h6-7H,2-5H2,1H3. The third kappa shape index (κ3) is 1.65. The highest BCUT2D eigenvalue weighted by molar-refractivity contribution is 9.11. The number of carbonyl (C=O) groups is 1. The van der Waals surface area contributed by atoms with Gasteiger partial charge in [0.05, 0.1) is 11.6 Å². The van der Waals surface area contributed by atoms with E-state index in [1.165, 1.54) is 0 Å². The fraction of sp³-hybridized carbons (Fsp3) is 0.545. The molecule has 1 unspecified atom stereocenters. The molecule has 0 saturated heterocycles. The van der Waals surface area contributed by atoms with Crippen molar-refractivity contribution < 1.29 is 9.53 Å². The number of halogens is 1. The highest BCUT2D eigenvalue weighted by Crippen LogP contribution is 2.38. The normalized spacial score (nSPS) is 27.1. The van der Waals surface area contributed by atoms with E-state index in [-0.39, 0.29) is 0 Å². The van der Waals surface area contributed by atoms with Gasteiger partial charge in [0.15, 0.2) is 5.78 Å². The van der Waals surface area contributed by atoms with E-state index in [1.807, 2.05) is 6.08 Å². The number of ether oxygens (including phenoxy) is 1. The number of rotatable bonds is 1. The van der Waals surface area contributed by atoms with Gasteiger partial charge in [-0.05, 0) is 46.3 Å². The van der Waals surface area contributed by atoms with Crippen molar-refractivity contribution in [2.24, 2.45) is 5.92 Å². The summed E-state index contributed by atoms with van der Waals surface area (Å²) in [5.74, 6) is 1.68. The Balaban J connectivity index is 2.32. The smallest absolute Gasteiger partial charge is 0.159 e. The Labute approximate surface area is 92.1 Å². The van der Waals surface area contributed by atoms with Crippen molar-refractivity contribution >= 4 is 21.7 Å². The maximum Gasteiger partial charge on any atom is 0.159 e. The van der Waals surface area contributed by atoms with Gasteiger partial charge in [-0.2, -0.15) is 0 Å². The van der Waals surface area contributed by atoms with E-state index in [2.05, 4.69) is 15.9 Å². The van der Waals surface area contributed by atoms with E-state index < -0.39 is 0 Å². The van der Waals surface area contributed by atoms with Crippen LogP contribution in [0.2, 0.25) is 0 Å². The molecule has 2 rings (SSSR count). The maximum atomic E-state index is 11.6. The van der Waals surface area contributed by atoms with E-state index in [9.17, 15) is 4.79 Å². The molecule has 2 aliphatic carbocycles. The molecule has 0 amide bonds. The van der Waals surface area contributed by atoms with Crippen LogP contribution in [0.3, 0.4) is 0 Å². The van der Waals surface area contributed by atoms with Crippen molar-refractivity contribution in [3.8, 4) is 0 Å². The van der Waals surface area contributed by atoms with Gasteiger partial charge in [-0.15, -0.1) is 0 Å². The fourth-order valence-corrected chi connectivity index (χ4v) is 2.74. The van der Waals surface area contributed by atoms with Gasteiger partial charge in [0.2, 0.25) is 0 Å². The van der Waals surface area contributed by atoms with Gasteiger partial charge in [0, 0.05) is 12.8 Å². The minimum absolute atomic E-state index is 0.313. The van der Waals surface area contributed by atoms with Crippen LogP contribution >= 0.6 is 15.9 Å². The van der Waals surface area contributed by atoms with Gasteiger partial charge in [-0.1, -0.05) is 0 Å². The largest absolute Gasteiger partial charge is 0.500 e. The summed E-state index contributed by atoms with van der Waals surface area (Å²) in [7, 11) is 1.68. The van der Waals surface area contributed by atoms with E-state index in [0.717, 1.165) is 35.1 Å². The van der Waals surface area contributed by atoms with Gasteiger partial charge in [-0.25, -0.2) is 0 Å². The Bertz CT molecular complexity index is 328. The minimum Gasteiger partial charge on any atom is -0.500 e. The molecule has 14 heavy (non-hydrogen) atoms. The Morgan fingerprint density at radius 2 is 2.36 bits per heavy atom. The number of hydrogen-bond donors (Lipinski definition) is 0. The second-order valence-corrected chi connectivity index (χ2v) is 4.65. The molecule has 0 aromatic rings. The van der Waals surface area contributed by atoms with Crippen molar-refractivity contribution in [3.05, 3.63) is 21.9 Å². The highest BCUT2D eigenvalue weighted by atomic mass is 79.9. The summed E-state index contributed by atoms with van der Waals surface area (Å²) in [6, 6.07) is 0. The van der Waals surface area contributed by atoms with Crippen LogP contribution in [0, 0.1) is 5.92 Å². The molecular formula is C11H13BrO2. The number of methoxy groups -OCH3 is 1. The molecule has 2 nitrogen and oxygen atoms in total. The van der Waals surface area contributed by atoms with Gasteiger partial charge in [0.1, 0.15) is 5.76 Å². The Morgan fingerprint density at radius 1 is 1.57 bits per heavy atom. The second kappa shape index (κ2) is 3.89. The summed E-state index contributed by atoms with van der Waals surface area (Å²) in [6.45, 7) is 0. The Hall–Kier alpha value is -0.570.